The summed E-state index contributed by atoms with van der Waals surface area (Å²) in [6, 6.07) is 7.54. The van der Waals surface area contributed by atoms with Crippen molar-refractivity contribution in [3.63, 3.8) is 0 Å². The summed E-state index contributed by atoms with van der Waals surface area (Å²) in [7, 11) is 1.75. The predicted octanol–water partition coefficient (Wildman–Crippen LogP) is 1.93. The number of nitrogens with zero attached hydrogens (tertiary/aromatic N) is 3. The van der Waals surface area contributed by atoms with Crippen molar-refractivity contribution in [1.82, 2.24) is 10.2 Å². The van der Waals surface area contributed by atoms with Crippen LogP contribution in [0.3, 0.4) is 0 Å². The molecule has 0 bridgehead atoms. The first-order valence-electron chi connectivity index (χ1n) is 5.62. The van der Waals surface area contributed by atoms with E-state index in [1.54, 1.807) is 32.0 Å². The number of aliphatic carboxylic acids is 1. The first-order chi connectivity index (χ1) is 8.44. The smallest absolute Gasteiger partial charge is 0.328 e. The number of carbonyl (C=O) groups is 1. The van der Waals surface area contributed by atoms with Gasteiger partial charge >= 0.3 is 5.97 Å². The number of benzene rings is 1. The maximum atomic E-state index is 11.3. The summed E-state index contributed by atoms with van der Waals surface area (Å²) in [5.74, 6) is -0.883. The van der Waals surface area contributed by atoms with E-state index in [1.165, 1.54) is 0 Å². The lowest BCUT2D eigenvalue weighted by Crippen LogP contribution is -2.48. The van der Waals surface area contributed by atoms with Gasteiger partial charge in [-0.1, -0.05) is 18.2 Å². The Morgan fingerprint density at radius 2 is 2.00 bits per heavy atom. The van der Waals surface area contributed by atoms with Gasteiger partial charge < -0.3 is 10.0 Å². The molecule has 1 heterocycles. The lowest BCUT2D eigenvalue weighted by Gasteiger charge is -2.33. The van der Waals surface area contributed by atoms with Gasteiger partial charge in [-0.05, 0) is 19.9 Å². The summed E-state index contributed by atoms with van der Waals surface area (Å²) in [6.07, 6.45) is 1.59. The average Bonchev–Trinajstić information content (AvgIpc) is 2.37. The molecule has 0 aliphatic carbocycles. The van der Waals surface area contributed by atoms with Gasteiger partial charge in [0.05, 0.1) is 17.4 Å². The van der Waals surface area contributed by atoms with Crippen LogP contribution in [0.25, 0.3) is 10.9 Å². The molecule has 94 valence electrons. The van der Waals surface area contributed by atoms with Crippen molar-refractivity contribution in [2.45, 2.75) is 19.4 Å². The summed E-state index contributed by atoms with van der Waals surface area (Å²) < 4.78 is 0. The fourth-order valence-electron chi connectivity index (χ4n) is 1.70. The summed E-state index contributed by atoms with van der Waals surface area (Å²) in [4.78, 5) is 13.0. The quantitative estimate of drug-likeness (QED) is 0.895. The molecule has 18 heavy (non-hydrogen) atoms. The zero-order valence-corrected chi connectivity index (χ0v) is 10.6. The van der Waals surface area contributed by atoms with Crippen LogP contribution >= 0.6 is 0 Å². The third-order valence-electron chi connectivity index (χ3n) is 3.25. The van der Waals surface area contributed by atoms with E-state index in [4.69, 9.17) is 0 Å². The molecule has 2 aromatic rings. The Balaban J connectivity index is 2.58. The summed E-state index contributed by atoms with van der Waals surface area (Å²) in [6.45, 7) is 3.31. The van der Waals surface area contributed by atoms with Crippen LogP contribution in [0.5, 0.6) is 0 Å². The number of likely N-dealkylation sites (N-methyl/N-ethyl adjacent to an activating group) is 1. The Morgan fingerprint density at radius 3 is 2.67 bits per heavy atom. The van der Waals surface area contributed by atoms with E-state index >= 15 is 0 Å². The Morgan fingerprint density at radius 1 is 1.33 bits per heavy atom. The third-order valence-corrected chi connectivity index (χ3v) is 3.25. The number of hydrogen-bond donors (Lipinski definition) is 1. The molecule has 0 amide bonds. The van der Waals surface area contributed by atoms with Crippen molar-refractivity contribution in [1.29, 1.82) is 0 Å². The fourth-order valence-corrected chi connectivity index (χ4v) is 1.70. The molecule has 2 rings (SSSR count). The molecule has 0 aliphatic heterocycles. The molecular formula is C13H15N3O2. The second-order valence-electron chi connectivity index (χ2n) is 4.67. The van der Waals surface area contributed by atoms with Crippen molar-refractivity contribution in [2.75, 3.05) is 11.9 Å². The molecule has 0 unspecified atom stereocenters. The second-order valence-corrected chi connectivity index (χ2v) is 4.67. The van der Waals surface area contributed by atoms with Crippen LogP contribution in [-0.4, -0.2) is 33.9 Å². The average molecular weight is 245 g/mol. The van der Waals surface area contributed by atoms with Crippen molar-refractivity contribution < 1.29 is 9.90 Å². The number of rotatable bonds is 3. The van der Waals surface area contributed by atoms with Gasteiger partial charge in [-0.15, -0.1) is 0 Å². The molecule has 1 N–H and O–H groups in total. The molecule has 5 nitrogen and oxygen atoms in total. The summed E-state index contributed by atoms with van der Waals surface area (Å²) in [5, 5.41) is 18.1. The van der Waals surface area contributed by atoms with Crippen LogP contribution in [0.15, 0.2) is 30.5 Å². The van der Waals surface area contributed by atoms with Gasteiger partial charge in [-0.25, -0.2) is 4.79 Å². The fraction of sp³-hybridized carbons (Fsp3) is 0.308. The molecule has 1 aromatic carbocycles. The zero-order valence-electron chi connectivity index (χ0n) is 10.6. The highest BCUT2D eigenvalue weighted by Gasteiger charge is 2.33. The monoisotopic (exact) mass is 245 g/mol. The number of hydrogen-bond acceptors (Lipinski definition) is 4. The van der Waals surface area contributed by atoms with Crippen molar-refractivity contribution >= 4 is 22.6 Å². The number of carboxylic acids is 1. The zero-order chi connectivity index (χ0) is 13.3. The number of fused-ring (bicyclic) bond motifs is 1. The largest absolute Gasteiger partial charge is 0.480 e. The van der Waals surface area contributed by atoms with E-state index in [0.29, 0.717) is 0 Å². The van der Waals surface area contributed by atoms with Crippen LogP contribution < -0.4 is 4.90 Å². The molecule has 0 aliphatic rings. The molecule has 0 saturated heterocycles. The minimum absolute atomic E-state index is 0.753. The van der Waals surface area contributed by atoms with Gasteiger partial charge in [-0.3, -0.25) is 0 Å². The Kier molecular flexibility index (Phi) is 2.90. The minimum Gasteiger partial charge on any atom is -0.480 e. The third kappa shape index (κ3) is 1.88. The van der Waals surface area contributed by atoms with Gasteiger partial charge in [-0.2, -0.15) is 10.2 Å². The van der Waals surface area contributed by atoms with Crippen LogP contribution in [-0.2, 0) is 4.79 Å². The molecule has 0 atom stereocenters. The van der Waals surface area contributed by atoms with E-state index < -0.39 is 11.5 Å². The predicted molar refractivity (Wildman–Crippen MR) is 69.7 cm³/mol. The highest BCUT2D eigenvalue weighted by molar-refractivity contribution is 5.93. The molecule has 0 radical (unpaired) electrons. The minimum atomic E-state index is -1.01. The summed E-state index contributed by atoms with van der Waals surface area (Å²) >= 11 is 0. The van der Waals surface area contributed by atoms with Gasteiger partial charge in [0, 0.05) is 12.4 Å². The SMILES string of the molecule is CN(c1cnnc2ccccc12)C(C)(C)C(=O)O. The van der Waals surface area contributed by atoms with Crippen LogP contribution in [0.1, 0.15) is 13.8 Å². The standard InChI is InChI=1S/C13H15N3O2/c1-13(2,12(17)18)16(3)11-8-14-15-10-7-5-4-6-9(10)11/h4-8H,1-3H3,(H,17,18). The maximum absolute atomic E-state index is 11.3. The summed E-state index contributed by atoms with van der Waals surface area (Å²) in [5.41, 5.74) is 0.502. The first-order valence-corrected chi connectivity index (χ1v) is 5.62. The van der Waals surface area contributed by atoms with Gasteiger partial charge in [0.2, 0.25) is 0 Å². The van der Waals surface area contributed by atoms with E-state index in [2.05, 4.69) is 10.2 Å². The second kappa shape index (κ2) is 4.25. The van der Waals surface area contributed by atoms with E-state index in [1.807, 2.05) is 24.3 Å². The molecule has 0 fully saturated rings. The highest BCUT2D eigenvalue weighted by Crippen LogP contribution is 2.28. The number of carboxylic acid groups (broad SMARTS) is 1. The number of aromatic nitrogens is 2. The van der Waals surface area contributed by atoms with Gasteiger partial charge in [0.25, 0.3) is 0 Å². The molecule has 0 saturated carbocycles. The van der Waals surface area contributed by atoms with Crippen LogP contribution in [0.4, 0.5) is 5.69 Å². The first kappa shape index (κ1) is 12.3. The normalized spacial score (nSPS) is 11.5. The van der Waals surface area contributed by atoms with Crippen LogP contribution in [0, 0.1) is 0 Å². The van der Waals surface area contributed by atoms with Crippen LogP contribution in [0.2, 0.25) is 0 Å². The molecule has 5 heteroatoms. The van der Waals surface area contributed by atoms with Crippen molar-refractivity contribution in [2.24, 2.45) is 0 Å². The maximum Gasteiger partial charge on any atom is 0.328 e. The highest BCUT2D eigenvalue weighted by atomic mass is 16.4. The molecule has 1 aromatic heterocycles. The lowest BCUT2D eigenvalue weighted by atomic mass is 10.0. The number of anilines is 1. The van der Waals surface area contributed by atoms with E-state index in [-0.39, 0.29) is 0 Å². The Bertz CT molecular complexity index is 590. The van der Waals surface area contributed by atoms with E-state index in [0.717, 1.165) is 16.6 Å². The lowest BCUT2D eigenvalue weighted by molar-refractivity contribution is -0.142. The van der Waals surface area contributed by atoms with Crippen molar-refractivity contribution in [3.8, 4) is 0 Å². The molecule has 0 spiro atoms. The topological polar surface area (TPSA) is 66.3 Å². The van der Waals surface area contributed by atoms with Crippen molar-refractivity contribution in [3.05, 3.63) is 30.5 Å². The van der Waals surface area contributed by atoms with Gasteiger partial charge in [0.1, 0.15) is 5.54 Å². The Labute approximate surface area is 105 Å². The Hall–Kier alpha value is -2.17. The molecular weight excluding hydrogens is 230 g/mol. The van der Waals surface area contributed by atoms with E-state index in [9.17, 15) is 9.90 Å². The van der Waals surface area contributed by atoms with Gasteiger partial charge in [0.15, 0.2) is 0 Å².